The average molecular weight is 297 g/mol. The Morgan fingerprint density at radius 1 is 1.38 bits per heavy atom. The third-order valence-corrected chi connectivity index (χ3v) is 4.05. The largest absolute Gasteiger partial charge is 0.369 e. The second-order valence-electron chi connectivity index (χ2n) is 6.25. The fraction of sp³-hybridized carbons (Fsp3) is 0.867. The standard InChI is InChI=1S/C15H31N5O/c1-5-17-14(19-11-15(3,4)13(16)21)18-10-12-8-7-9-20(12)6-2/h12H,5-11H2,1-4H3,(H2,16,21)(H2,17,18,19). The molecule has 1 fully saturated rings. The summed E-state index contributed by atoms with van der Waals surface area (Å²) in [6.07, 6.45) is 2.50. The molecule has 1 amide bonds. The second kappa shape index (κ2) is 8.22. The number of amides is 1. The molecule has 6 heteroatoms. The van der Waals surface area contributed by atoms with Crippen LogP contribution in [0.25, 0.3) is 0 Å². The zero-order valence-corrected chi connectivity index (χ0v) is 13.9. The fourth-order valence-electron chi connectivity index (χ4n) is 2.45. The highest BCUT2D eigenvalue weighted by Crippen LogP contribution is 2.16. The highest BCUT2D eigenvalue weighted by Gasteiger charge is 2.25. The Hall–Kier alpha value is -1.30. The summed E-state index contributed by atoms with van der Waals surface area (Å²) in [5.41, 5.74) is 4.76. The van der Waals surface area contributed by atoms with Gasteiger partial charge in [-0.05, 0) is 46.7 Å². The van der Waals surface area contributed by atoms with Crippen molar-refractivity contribution in [2.75, 3.05) is 32.7 Å². The van der Waals surface area contributed by atoms with Gasteiger partial charge in [0.2, 0.25) is 5.91 Å². The van der Waals surface area contributed by atoms with Gasteiger partial charge in [-0.3, -0.25) is 14.7 Å². The molecule has 0 aromatic heterocycles. The van der Waals surface area contributed by atoms with Gasteiger partial charge in [0.1, 0.15) is 0 Å². The molecule has 1 unspecified atom stereocenters. The van der Waals surface area contributed by atoms with E-state index in [-0.39, 0.29) is 5.91 Å². The molecule has 21 heavy (non-hydrogen) atoms. The van der Waals surface area contributed by atoms with E-state index >= 15 is 0 Å². The van der Waals surface area contributed by atoms with E-state index in [0.29, 0.717) is 12.6 Å². The molecule has 122 valence electrons. The molecule has 1 saturated heterocycles. The quantitative estimate of drug-likeness (QED) is 0.473. The molecule has 0 aromatic rings. The minimum absolute atomic E-state index is 0.324. The van der Waals surface area contributed by atoms with Crippen LogP contribution in [0.2, 0.25) is 0 Å². The van der Waals surface area contributed by atoms with Crippen LogP contribution in [0.15, 0.2) is 4.99 Å². The number of primary amides is 1. The summed E-state index contributed by atoms with van der Waals surface area (Å²) in [6, 6.07) is 0.572. The first kappa shape index (κ1) is 17.8. The van der Waals surface area contributed by atoms with Crippen molar-refractivity contribution >= 4 is 11.9 Å². The van der Waals surface area contributed by atoms with E-state index < -0.39 is 5.41 Å². The number of hydrogen-bond donors (Lipinski definition) is 3. The number of aliphatic imine (C=N–C) groups is 1. The molecule has 1 aliphatic rings. The van der Waals surface area contributed by atoms with E-state index in [1.807, 2.05) is 20.8 Å². The molecule has 0 radical (unpaired) electrons. The molecule has 0 aliphatic carbocycles. The number of likely N-dealkylation sites (N-methyl/N-ethyl adjacent to an activating group) is 1. The molecule has 1 aliphatic heterocycles. The molecule has 4 N–H and O–H groups in total. The monoisotopic (exact) mass is 297 g/mol. The molecule has 0 aromatic carbocycles. The molecule has 0 bridgehead atoms. The van der Waals surface area contributed by atoms with Crippen molar-refractivity contribution in [2.24, 2.45) is 16.1 Å². The van der Waals surface area contributed by atoms with Crippen molar-refractivity contribution in [1.29, 1.82) is 0 Å². The number of carbonyl (C=O) groups excluding carboxylic acids is 1. The summed E-state index contributed by atoms with van der Waals surface area (Å²) in [4.78, 5) is 18.3. The minimum Gasteiger partial charge on any atom is -0.369 e. The van der Waals surface area contributed by atoms with Gasteiger partial charge in [-0.1, -0.05) is 6.92 Å². The lowest BCUT2D eigenvalue weighted by atomic mass is 9.93. The van der Waals surface area contributed by atoms with E-state index in [0.717, 1.165) is 25.6 Å². The summed E-state index contributed by atoms with van der Waals surface area (Å²) < 4.78 is 0. The summed E-state index contributed by atoms with van der Waals surface area (Å²) in [6.45, 7) is 12.2. The average Bonchev–Trinajstić information content (AvgIpc) is 2.89. The minimum atomic E-state index is -0.620. The Kier molecular flexibility index (Phi) is 6.95. The maximum atomic E-state index is 11.3. The Labute approximate surface area is 128 Å². The molecule has 0 spiro atoms. The molecule has 6 nitrogen and oxygen atoms in total. The normalized spacial score (nSPS) is 20.6. The van der Waals surface area contributed by atoms with Crippen molar-refractivity contribution in [3.05, 3.63) is 0 Å². The van der Waals surface area contributed by atoms with Gasteiger partial charge in [0, 0.05) is 19.1 Å². The van der Waals surface area contributed by atoms with Gasteiger partial charge in [0.25, 0.3) is 0 Å². The smallest absolute Gasteiger partial charge is 0.224 e. The van der Waals surface area contributed by atoms with Crippen molar-refractivity contribution in [3.8, 4) is 0 Å². The number of likely N-dealkylation sites (tertiary alicyclic amines) is 1. The predicted octanol–water partition coefficient (Wildman–Crippen LogP) is 0.537. The zero-order valence-electron chi connectivity index (χ0n) is 13.9. The molecule has 1 rings (SSSR count). The van der Waals surface area contributed by atoms with Crippen molar-refractivity contribution in [2.45, 2.75) is 46.6 Å². The van der Waals surface area contributed by atoms with Gasteiger partial charge >= 0.3 is 0 Å². The first-order valence-corrected chi connectivity index (χ1v) is 7.96. The first-order valence-electron chi connectivity index (χ1n) is 7.96. The van der Waals surface area contributed by atoms with Gasteiger partial charge in [-0.25, -0.2) is 0 Å². The van der Waals surface area contributed by atoms with Gasteiger partial charge in [0.15, 0.2) is 5.96 Å². The Bertz CT molecular complexity index is 367. The summed E-state index contributed by atoms with van der Waals surface area (Å²) in [7, 11) is 0. The number of carbonyl (C=O) groups is 1. The van der Waals surface area contributed by atoms with Crippen LogP contribution in [-0.2, 0) is 4.79 Å². The number of rotatable bonds is 7. The van der Waals surface area contributed by atoms with Crippen LogP contribution < -0.4 is 16.4 Å². The van der Waals surface area contributed by atoms with Gasteiger partial charge in [0.05, 0.1) is 12.0 Å². The molecule has 1 heterocycles. The number of nitrogens with two attached hydrogens (primary N) is 1. The highest BCUT2D eigenvalue weighted by atomic mass is 16.1. The highest BCUT2D eigenvalue weighted by molar-refractivity contribution is 5.82. The van der Waals surface area contributed by atoms with E-state index in [1.165, 1.54) is 19.4 Å². The fourth-order valence-corrected chi connectivity index (χ4v) is 2.45. The van der Waals surface area contributed by atoms with Crippen LogP contribution in [0, 0.1) is 5.41 Å². The van der Waals surface area contributed by atoms with E-state index in [2.05, 4.69) is 27.4 Å². The van der Waals surface area contributed by atoms with Crippen LogP contribution >= 0.6 is 0 Å². The zero-order chi connectivity index (χ0) is 15.9. The SMILES string of the molecule is CCNC(=NCC(C)(C)C(N)=O)NCC1CCCN1CC. The Morgan fingerprint density at radius 2 is 2.10 bits per heavy atom. The van der Waals surface area contributed by atoms with Crippen molar-refractivity contribution < 1.29 is 4.79 Å². The summed E-state index contributed by atoms with van der Waals surface area (Å²) in [5.74, 6) is 0.435. The lowest BCUT2D eigenvalue weighted by Gasteiger charge is -2.24. The van der Waals surface area contributed by atoms with E-state index in [4.69, 9.17) is 5.73 Å². The number of nitrogens with one attached hydrogen (secondary N) is 2. The Morgan fingerprint density at radius 3 is 2.67 bits per heavy atom. The topological polar surface area (TPSA) is 82.7 Å². The van der Waals surface area contributed by atoms with E-state index in [9.17, 15) is 4.79 Å². The van der Waals surface area contributed by atoms with Crippen LogP contribution in [-0.4, -0.2) is 55.5 Å². The molecule has 0 saturated carbocycles. The van der Waals surface area contributed by atoms with Crippen LogP contribution in [0.5, 0.6) is 0 Å². The van der Waals surface area contributed by atoms with Crippen LogP contribution in [0.1, 0.15) is 40.5 Å². The maximum absolute atomic E-state index is 11.3. The van der Waals surface area contributed by atoms with Gasteiger partial charge in [-0.2, -0.15) is 0 Å². The first-order chi connectivity index (χ1) is 9.90. The third-order valence-electron chi connectivity index (χ3n) is 4.05. The van der Waals surface area contributed by atoms with Crippen LogP contribution in [0.3, 0.4) is 0 Å². The molecular weight excluding hydrogens is 266 g/mol. The van der Waals surface area contributed by atoms with Gasteiger partial charge in [-0.15, -0.1) is 0 Å². The predicted molar refractivity (Wildman–Crippen MR) is 87.2 cm³/mol. The lowest BCUT2D eigenvalue weighted by Crippen LogP contribution is -2.45. The van der Waals surface area contributed by atoms with Crippen LogP contribution in [0.4, 0.5) is 0 Å². The number of nitrogens with zero attached hydrogens (tertiary/aromatic N) is 2. The van der Waals surface area contributed by atoms with E-state index in [1.54, 1.807) is 0 Å². The van der Waals surface area contributed by atoms with Gasteiger partial charge < -0.3 is 16.4 Å². The third kappa shape index (κ3) is 5.53. The maximum Gasteiger partial charge on any atom is 0.224 e. The summed E-state index contributed by atoms with van der Waals surface area (Å²) in [5, 5.41) is 6.60. The number of hydrogen-bond acceptors (Lipinski definition) is 3. The Balaban J connectivity index is 2.54. The second-order valence-corrected chi connectivity index (χ2v) is 6.25. The molecule has 1 atom stereocenters. The summed E-state index contributed by atoms with van der Waals surface area (Å²) >= 11 is 0. The lowest BCUT2D eigenvalue weighted by molar-refractivity contribution is -0.125. The molecular formula is C15H31N5O. The number of guanidine groups is 1. The van der Waals surface area contributed by atoms with Crippen molar-refractivity contribution in [3.63, 3.8) is 0 Å². The van der Waals surface area contributed by atoms with Crippen molar-refractivity contribution in [1.82, 2.24) is 15.5 Å².